The zero-order valence-electron chi connectivity index (χ0n) is 15.3. The highest BCUT2D eigenvalue weighted by Gasteiger charge is 2.21. The maximum absolute atomic E-state index is 11.9. The average Bonchev–Trinajstić information content (AvgIpc) is 3.10. The highest BCUT2D eigenvalue weighted by atomic mass is 32.2. The molecule has 0 radical (unpaired) electrons. The van der Waals surface area contributed by atoms with Crippen LogP contribution in [-0.4, -0.2) is 39.2 Å². The van der Waals surface area contributed by atoms with Crippen LogP contribution in [0.4, 0.5) is 5.13 Å². The molecule has 1 amide bonds. The molecule has 1 aromatic carbocycles. The van der Waals surface area contributed by atoms with Crippen molar-refractivity contribution in [2.75, 3.05) is 17.2 Å². The summed E-state index contributed by atoms with van der Waals surface area (Å²) in [6, 6.07) is 8.71. The van der Waals surface area contributed by atoms with Crippen LogP contribution in [-0.2, 0) is 17.8 Å². The number of thiazole rings is 1. The SMILES string of the molecule is CC(C)NC(=O)CSc1ncnc2nc(N3CCc4ccccc4C3)sc12. The monoisotopic (exact) mass is 399 g/mol. The molecule has 0 spiro atoms. The van der Waals surface area contributed by atoms with E-state index in [0.29, 0.717) is 11.4 Å². The van der Waals surface area contributed by atoms with Gasteiger partial charge in [0.05, 0.1) is 5.75 Å². The summed E-state index contributed by atoms with van der Waals surface area (Å²) in [5, 5.41) is 4.69. The fraction of sp³-hybridized carbons (Fsp3) is 0.368. The molecule has 0 saturated carbocycles. The number of aromatic nitrogens is 3. The lowest BCUT2D eigenvalue weighted by Crippen LogP contribution is -2.31. The summed E-state index contributed by atoms with van der Waals surface area (Å²) in [5.74, 6) is 0.355. The summed E-state index contributed by atoms with van der Waals surface area (Å²) in [6.07, 6.45) is 2.55. The van der Waals surface area contributed by atoms with Gasteiger partial charge in [0.2, 0.25) is 5.91 Å². The first-order valence-electron chi connectivity index (χ1n) is 8.95. The molecule has 6 nitrogen and oxygen atoms in total. The standard InChI is InChI=1S/C19H21N5OS2/c1-12(2)22-15(25)10-26-18-16-17(20-11-21-18)23-19(27-16)24-8-7-13-5-3-4-6-14(13)9-24/h3-6,11-12H,7-10H2,1-2H3,(H,22,25). The van der Waals surface area contributed by atoms with Crippen LogP contribution in [0.2, 0.25) is 0 Å². The van der Waals surface area contributed by atoms with Gasteiger partial charge in [-0.15, -0.1) is 0 Å². The van der Waals surface area contributed by atoms with Gasteiger partial charge in [-0.05, 0) is 31.4 Å². The Labute approximate surface area is 166 Å². The lowest BCUT2D eigenvalue weighted by atomic mass is 10.0. The van der Waals surface area contributed by atoms with Gasteiger partial charge < -0.3 is 10.2 Å². The first kappa shape index (κ1) is 18.2. The van der Waals surface area contributed by atoms with E-state index in [2.05, 4.69) is 44.5 Å². The van der Waals surface area contributed by atoms with Gasteiger partial charge in [0.1, 0.15) is 16.1 Å². The highest BCUT2D eigenvalue weighted by molar-refractivity contribution is 8.00. The highest BCUT2D eigenvalue weighted by Crippen LogP contribution is 2.35. The summed E-state index contributed by atoms with van der Waals surface area (Å²) in [6.45, 7) is 5.72. The Morgan fingerprint density at radius 1 is 1.30 bits per heavy atom. The molecule has 1 aliphatic heterocycles. The van der Waals surface area contributed by atoms with E-state index in [1.165, 1.54) is 29.2 Å². The van der Waals surface area contributed by atoms with Crippen LogP contribution in [0.3, 0.4) is 0 Å². The number of carbonyl (C=O) groups is 1. The summed E-state index contributed by atoms with van der Waals surface area (Å²) >= 11 is 3.05. The first-order chi connectivity index (χ1) is 13.1. The smallest absolute Gasteiger partial charge is 0.230 e. The minimum atomic E-state index is 0.0131. The van der Waals surface area contributed by atoms with Gasteiger partial charge in [-0.25, -0.2) is 9.97 Å². The van der Waals surface area contributed by atoms with E-state index in [4.69, 9.17) is 4.98 Å². The molecule has 0 atom stereocenters. The lowest BCUT2D eigenvalue weighted by molar-refractivity contribution is -0.119. The van der Waals surface area contributed by atoms with Crippen molar-refractivity contribution in [3.05, 3.63) is 41.7 Å². The molecule has 1 aliphatic rings. The van der Waals surface area contributed by atoms with Gasteiger partial charge in [-0.2, -0.15) is 4.98 Å². The topological polar surface area (TPSA) is 71.0 Å². The number of benzene rings is 1. The molecule has 3 aromatic rings. The fourth-order valence-corrected chi connectivity index (χ4v) is 5.04. The third-order valence-electron chi connectivity index (χ3n) is 4.34. The van der Waals surface area contributed by atoms with Crippen molar-refractivity contribution < 1.29 is 4.79 Å². The molecule has 1 N–H and O–H groups in total. The van der Waals surface area contributed by atoms with E-state index in [-0.39, 0.29) is 11.9 Å². The molecule has 2 aromatic heterocycles. The Kier molecular flexibility index (Phi) is 5.27. The number of hydrogen-bond acceptors (Lipinski definition) is 7. The molecule has 8 heteroatoms. The second-order valence-corrected chi connectivity index (χ2v) is 8.72. The van der Waals surface area contributed by atoms with Gasteiger partial charge in [0.25, 0.3) is 0 Å². The van der Waals surface area contributed by atoms with Crippen molar-refractivity contribution in [2.24, 2.45) is 0 Å². The van der Waals surface area contributed by atoms with Crippen molar-refractivity contribution in [1.82, 2.24) is 20.3 Å². The second kappa shape index (κ2) is 7.82. The van der Waals surface area contributed by atoms with Crippen LogP contribution in [0.5, 0.6) is 0 Å². The molecule has 0 unspecified atom stereocenters. The number of nitrogens with one attached hydrogen (secondary N) is 1. The molecule has 4 rings (SSSR count). The van der Waals surface area contributed by atoms with Crippen molar-refractivity contribution >= 4 is 44.5 Å². The van der Waals surface area contributed by atoms with E-state index < -0.39 is 0 Å². The number of anilines is 1. The molecular formula is C19H21N5OS2. The number of nitrogens with zero attached hydrogens (tertiary/aromatic N) is 4. The van der Waals surface area contributed by atoms with Crippen molar-refractivity contribution in [3.8, 4) is 0 Å². The van der Waals surface area contributed by atoms with Crippen molar-refractivity contribution in [2.45, 2.75) is 37.9 Å². The molecular weight excluding hydrogens is 378 g/mol. The van der Waals surface area contributed by atoms with E-state index in [0.717, 1.165) is 34.4 Å². The zero-order valence-corrected chi connectivity index (χ0v) is 16.9. The van der Waals surface area contributed by atoms with Gasteiger partial charge >= 0.3 is 0 Å². The molecule has 27 heavy (non-hydrogen) atoms. The van der Waals surface area contributed by atoms with Crippen LogP contribution in [0.1, 0.15) is 25.0 Å². The normalized spacial score (nSPS) is 13.8. The van der Waals surface area contributed by atoms with E-state index >= 15 is 0 Å². The third kappa shape index (κ3) is 4.06. The number of carbonyl (C=O) groups excluding carboxylic acids is 1. The van der Waals surface area contributed by atoms with Crippen LogP contribution in [0.25, 0.3) is 10.3 Å². The minimum Gasteiger partial charge on any atom is -0.353 e. The molecule has 0 aliphatic carbocycles. The Hall–Kier alpha value is -2.19. The molecule has 0 saturated heterocycles. The Morgan fingerprint density at radius 3 is 2.93 bits per heavy atom. The van der Waals surface area contributed by atoms with Gasteiger partial charge in [-0.1, -0.05) is 47.4 Å². The Balaban J connectivity index is 1.54. The van der Waals surface area contributed by atoms with Crippen LogP contribution >= 0.6 is 23.1 Å². The van der Waals surface area contributed by atoms with Gasteiger partial charge in [-0.3, -0.25) is 4.79 Å². The first-order valence-corrected chi connectivity index (χ1v) is 10.8. The molecule has 0 bridgehead atoms. The zero-order chi connectivity index (χ0) is 18.8. The predicted molar refractivity (Wildman–Crippen MR) is 110 cm³/mol. The number of amides is 1. The summed E-state index contributed by atoms with van der Waals surface area (Å²) in [5.41, 5.74) is 3.48. The molecule has 0 fully saturated rings. The number of rotatable bonds is 5. The van der Waals surface area contributed by atoms with Crippen LogP contribution < -0.4 is 10.2 Å². The predicted octanol–water partition coefficient (Wildman–Crippen LogP) is 3.27. The third-order valence-corrected chi connectivity index (χ3v) is 6.57. The van der Waals surface area contributed by atoms with Gasteiger partial charge in [0, 0.05) is 19.1 Å². The number of hydrogen-bond donors (Lipinski definition) is 1. The Bertz CT molecular complexity index is 972. The Morgan fingerprint density at radius 2 is 2.11 bits per heavy atom. The molecule has 3 heterocycles. The van der Waals surface area contributed by atoms with E-state index in [1.54, 1.807) is 11.3 Å². The van der Waals surface area contributed by atoms with E-state index in [1.807, 2.05) is 13.8 Å². The second-order valence-electron chi connectivity index (χ2n) is 6.78. The number of fused-ring (bicyclic) bond motifs is 2. The van der Waals surface area contributed by atoms with Gasteiger partial charge in [0.15, 0.2) is 10.8 Å². The largest absolute Gasteiger partial charge is 0.353 e. The van der Waals surface area contributed by atoms with Crippen LogP contribution in [0.15, 0.2) is 35.6 Å². The summed E-state index contributed by atoms with van der Waals surface area (Å²) in [4.78, 5) is 27.7. The summed E-state index contributed by atoms with van der Waals surface area (Å²) < 4.78 is 0.953. The van der Waals surface area contributed by atoms with Crippen molar-refractivity contribution in [1.29, 1.82) is 0 Å². The average molecular weight is 400 g/mol. The number of thioether (sulfide) groups is 1. The quantitative estimate of drug-likeness (QED) is 0.524. The maximum Gasteiger partial charge on any atom is 0.230 e. The van der Waals surface area contributed by atoms with Crippen LogP contribution in [0, 0.1) is 0 Å². The lowest BCUT2D eigenvalue weighted by Gasteiger charge is -2.28. The maximum atomic E-state index is 11.9. The fourth-order valence-electron chi connectivity index (χ4n) is 3.12. The minimum absolute atomic E-state index is 0.0131. The summed E-state index contributed by atoms with van der Waals surface area (Å²) in [7, 11) is 0. The van der Waals surface area contributed by atoms with Crippen molar-refractivity contribution in [3.63, 3.8) is 0 Å². The van der Waals surface area contributed by atoms with E-state index in [9.17, 15) is 4.79 Å². The molecule has 140 valence electrons.